The van der Waals surface area contributed by atoms with Crippen molar-refractivity contribution in [2.75, 3.05) is 0 Å². The van der Waals surface area contributed by atoms with Crippen LogP contribution in [0.5, 0.6) is 5.75 Å². The number of ketones is 2. The summed E-state index contributed by atoms with van der Waals surface area (Å²) in [7, 11) is 0. The highest BCUT2D eigenvalue weighted by molar-refractivity contribution is 6.30. The van der Waals surface area contributed by atoms with Gasteiger partial charge in [0.1, 0.15) is 5.75 Å². The molecule has 0 aromatic heterocycles. The summed E-state index contributed by atoms with van der Waals surface area (Å²) in [6, 6.07) is 3.30. The number of nitrogens with zero attached hydrogens (tertiary/aromatic N) is 1. The van der Waals surface area contributed by atoms with Gasteiger partial charge >= 0.3 is 6.03 Å². The van der Waals surface area contributed by atoms with Gasteiger partial charge in [-0.2, -0.15) is 4.90 Å². The highest BCUT2D eigenvalue weighted by Crippen LogP contribution is 2.56. The van der Waals surface area contributed by atoms with Crippen LogP contribution in [0.3, 0.4) is 0 Å². The fraction of sp³-hybridized carbons (Fsp3) is 0.292. The summed E-state index contributed by atoms with van der Waals surface area (Å²) in [5, 5.41) is 11.0. The third-order valence-corrected chi connectivity index (χ3v) is 7.32. The molecule has 33 heavy (non-hydrogen) atoms. The average Bonchev–Trinajstić information content (AvgIpc) is 3.02. The number of hydrogen-bond acceptors (Lipinski definition) is 6. The molecule has 1 aromatic carbocycles. The number of phenolic OH excluding ortho intramolecular Hbond substituents is 1. The number of carbonyl (C=O) groups excluding carboxylic acids is 5. The van der Waals surface area contributed by atoms with Crippen LogP contribution >= 0.6 is 11.6 Å². The molecule has 0 bridgehead atoms. The zero-order chi connectivity index (χ0) is 23.8. The van der Waals surface area contributed by atoms with Gasteiger partial charge in [-0.15, -0.1) is 0 Å². The molecule has 3 N–H and O–H groups in total. The van der Waals surface area contributed by atoms with Crippen LogP contribution in [0.1, 0.15) is 31.2 Å². The summed E-state index contributed by atoms with van der Waals surface area (Å²) in [5.74, 6) is -5.23. The molecule has 1 saturated heterocycles. The van der Waals surface area contributed by atoms with Gasteiger partial charge in [0.15, 0.2) is 11.6 Å². The molecule has 1 aliphatic heterocycles. The predicted molar refractivity (Wildman–Crippen MR) is 116 cm³/mol. The van der Waals surface area contributed by atoms with E-state index in [0.29, 0.717) is 21.1 Å². The molecule has 9 heteroatoms. The highest BCUT2D eigenvalue weighted by Gasteiger charge is 2.57. The van der Waals surface area contributed by atoms with E-state index in [1.807, 2.05) is 0 Å². The van der Waals surface area contributed by atoms with Crippen molar-refractivity contribution < 1.29 is 29.1 Å². The van der Waals surface area contributed by atoms with Crippen molar-refractivity contribution in [1.29, 1.82) is 0 Å². The number of imide groups is 3. The maximum atomic E-state index is 13.1. The zero-order valence-electron chi connectivity index (χ0n) is 17.5. The number of fused-ring (bicyclic) bond motifs is 3. The molecule has 1 fully saturated rings. The van der Waals surface area contributed by atoms with E-state index >= 15 is 0 Å². The summed E-state index contributed by atoms with van der Waals surface area (Å²) in [6.07, 6.45) is 3.30. The Labute approximate surface area is 193 Å². The number of rotatable bonds is 1. The van der Waals surface area contributed by atoms with Crippen molar-refractivity contribution in [3.05, 3.63) is 63.2 Å². The number of urea groups is 1. The van der Waals surface area contributed by atoms with Crippen LogP contribution in [0, 0.1) is 17.8 Å². The minimum absolute atomic E-state index is 0.0710. The highest BCUT2D eigenvalue weighted by atomic mass is 35.5. The van der Waals surface area contributed by atoms with E-state index in [9.17, 15) is 29.1 Å². The Morgan fingerprint density at radius 3 is 2.58 bits per heavy atom. The minimum Gasteiger partial charge on any atom is -0.508 e. The first-order valence-corrected chi connectivity index (χ1v) is 10.9. The SMILES string of the molecule is CC1=CC(=O)C2=C(C[C@@H]3C(=CC[C@@H]4C(=O)N(C(N)=O)C(=O)[C@@H]43)[C@@H]2c2cc(Cl)ccc2O)C1=O. The van der Waals surface area contributed by atoms with Crippen LogP contribution in [0.25, 0.3) is 0 Å². The number of primary amides is 1. The molecule has 3 aliphatic carbocycles. The first-order chi connectivity index (χ1) is 15.6. The molecule has 1 heterocycles. The summed E-state index contributed by atoms with van der Waals surface area (Å²) in [5.41, 5.74) is 7.04. The molecule has 0 spiro atoms. The monoisotopic (exact) mass is 466 g/mol. The second-order valence-corrected chi connectivity index (χ2v) is 9.22. The number of halogens is 1. The molecule has 4 aliphatic rings. The summed E-state index contributed by atoms with van der Waals surface area (Å²) < 4.78 is 0. The molecule has 5 rings (SSSR count). The van der Waals surface area contributed by atoms with Gasteiger partial charge in [0.05, 0.1) is 11.8 Å². The minimum atomic E-state index is -1.14. The van der Waals surface area contributed by atoms with Gasteiger partial charge in [0.2, 0.25) is 11.8 Å². The van der Waals surface area contributed by atoms with Gasteiger partial charge in [-0.05, 0) is 50.0 Å². The van der Waals surface area contributed by atoms with E-state index in [1.54, 1.807) is 13.0 Å². The molecule has 0 unspecified atom stereocenters. The van der Waals surface area contributed by atoms with Gasteiger partial charge < -0.3 is 10.8 Å². The lowest BCUT2D eigenvalue weighted by Crippen LogP contribution is -2.42. The van der Waals surface area contributed by atoms with Crippen LogP contribution in [-0.2, 0) is 19.2 Å². The molecule has 4 atom stereocenters. The Morgan fingerprint density at radius 2 is 1.88 bits per heavy atom. The van der Waals surface area contributed by atoms with Gasteiger partial charge in [0, 0.05) is 33.2 Å². The Hall–Kier alpha value is -3.52. The standard InChI is InChI=1S/C24H19ClN2O6/c1-9-6-17(29)20-15(21(9)30)8-13-11(18(20)14-7-10(25)2-5-16(14)28)3-4-12-19(13)23(32)27(22(12)31)24(26)33/h2-3,5-7,12-13,18-19,28H,4,8H2,1H3,(H2,26,33)/t12-,13+,18+,19-/m0/s1. The lowest BCUT2D eigenvalue weighted by atomic mass is 9.59. The number of aromatic hydroxyl groups is 1. The molecule has 1 aromatic rings. The third-order valence-electron chi connectivity index (χ3n) is 7.08. The van der Waals surface area contributed by atoms with Gasteiger partial charge in [0.25, 0.3) is 0 Å². The lowest BCUT2D eigenvalue weighted by molar-refractivity contribution is -0.136. The first kappa shape index (κ1) is 21.3. The zero-order valence-corrected chi connectivity index (χ0v) is 18.3. The van der Waals surface area contributed by atoms with Crippen LogP contribution in [0.4, 0.5) is 4.79 Å². The van der Waals surface area contributed by atoms with Crippen molar-refractivity contribution >= 4 is 41.0 Å². The van der Waals surface area contributed by atoms with E-state index in [0.717, 1.165) is 0 Å². The maximum Gasteiger partial charge on any atom is 0.328 e. The van der Waals surface area contributed by atoms with E-state index in [4.69, 9.17) is 17.3 Å². The number of allylic oxidation sites excluding steroid dienone is 6. The molecule has 168 valence electrons. The summed E-state index contributed by atoms with van der Waals surface area (Å²) in [4.78, 5) is 64.3. The Bertz CT molecular complexity index is 1290. The van der Waals surface area contributed by atoms with Crippen molar-refractivity contribution in [2.24, 2.45) is 23.5 Å². The van der Waals surface area contributed by atoms with Crippen molar-refractivity contribution in [2.45, 2.75) is 25.7 Å². The van der Waals surface area contributed by atoms with Gasteiger partial charge in [-0.25, -0.2) is 4.79 Å². The van der Waals surface area contributed by atoms with E-state index in [2.05, 4.69) is 0 Å². The Balaban J connectivity index is 1.73. The van der Waals surface area contributed by atoms with E-state index in [1.165, 1.54) is 24.3 Å². The van der Waals surface area contributed by atoms with E-state index in [-0.39, 0.29) is 46.9 Å². The van der Waals surface area contributed by atoms with Crippen LogP contribution in [0.15, 0.2) is 52.6 Å². The third kappa shape index (κ3) is 2.94. The molecule has 0 saturated carbocycles. The van der Waals surface area contributed by atoms with Crippen LogP contribution < -0.4 is 5.73 Å². The topological polar surface area (TPSA) is 135 Å². The normalized spacial score (nSPS) is 28.8. The van der Waals surface area contributed by atoms with Crippen LogP contribution in [0.2, 0.25) is 5.02 Å². The number of carbonyl (C=O) groups is 5. The molecule has 0 radical (unpaired) electrons. The molecule has 4 amide bonds. The lowest BCUT2D eigenvalue weighted by Gasteiger charge is -2.42. The van der Waals surface area contributed by atoms with E-state index < -0.39 is 41.5 Å². The largest absolute Gasteiger partial charge is 0.508 e. The second-order valence-electron chi connectivity index (χ2n) is 8.78. The molecular weight excluding hydrogens is 448 g/mol. The average molecular weight is 467 g/mol. The summed E-state index contributed by atoms with van der Waals surface area (Å²) in [6.45, 7) is 1.55. The smallest absolute Gasteiger partial charge is 0.328 e. The fourth-order valence-corrected chi connectivity index (χ4v) is 5.89. The van der Waals surface area contributed by atoms with Crippen molar-refractivity contribution in [1.82, 2.24) is 4.90 Å². The molecular formula is C24H19ClN2O6. The summed E-state index contributed by atoms with van der Waals surface area (Å²) >= 11 is 6.19. The fourth-order valence-electron chi connectivity index (χ4n) is 5.71. The number of nitrogens with two attached hydrogens (primary N) is 1. The second kappa shape index (κ2) is 7.25. The molecule has 8 nitrogen and oxygen atoms in total. The number of amides is 4. The Kier molecular flexibility index (Phi) is 4.68. The number of phenols is 1. The van der Waals surface area contributed by atoms with Crippen molar-refractivity contribution in [3.8, 4) is 5.75 Å². The number of likely N-dealkylation sites (tertiary alicyclic amines) is 1. The quantitative estimate of drug-likeness (QED) is 0.371. The van der Waals surface area contributed by atoms with Crippen LogP contribution in [-0.4, -0.2) is 39.4 Å². The van der Waals surface area contributed by atoms with Gasteiger partial charge in [-0.1, -0.05) is 23.3 Å². The number of benzene rings is 1. The Morgan fingerprint density at radius 1 is 1.15 bits per heavy atom. The predicted octanol–water partition coefficient (Wildman–Crippen LogP) is 2.55. The van der Waals surface area contributed by atoms with Gasteiger partial charge in [-0.3, -0.25) is 19.2 Å². The van der Waals surface area contributed by atoms with Crippen molar-refractivity contribution in [3.63, 3.8) is 0 Å². The first-order valence-electron chi connectivity index (χ1n) is 10.5. The number of Topliss-reactive ketones (excluding diaryl/α,β-unsaturated/α-hetero) is 1. The number of hydrogen-bond donors (Lipinski definition) is 2. The maximum absolute atomic E-state index is 13.1.